The molecule has 0 unspecified atom stereocenters. The van der Waals surface area contributed by atoms with Gasteiger partial charge >= 0.3 is 6.18 Å². The van der Waals surface area contributed by atoms with Crippen LogP contribution in [0.15, 0.2) is 65.3 Å². The summed E-state index contributed by atoms with van der Waals surface area (Å²) in [4.78, 5) is 21.1. The second-order valence-electron chi connectivity index (χ2n) is 8.11. The summed E-state index contributed by atoms with van der Waals surface area (Å²) < 4.78 is 39.2. The number of nitrogens with zero attached hydrogens (tertiary/aromatic N) is 3. The summed E-state index contributed by atoms with van der Waals surface area (Å²) in [5, 5.41) is 0.293. The van der Waals surface area contributed by atoms with Gasteiger partial charge in [0.2, 0.25) is 0 Å². The number of aliphatic imine (C=N–C) groups is 1. The van der Waals surface area contributed by atoms with Crippen molar-refractivity contribution in [2.24, 2.45) is 10.7 Å². The van der Waals surface area contributed by atoms with E-state index in [9.17, 15) is 18.0 Å². The minimum atomic E-state index is -4.70. The number of piperidine rings is 1. The minimum Gasteiger partial charge on any atom is -0.395 e. The van der Waals surface area contributed by atoms with E-state index < -0.39 is 11.9 Å². The van der Waals surface area contributed by atoms with Crippen molar-refractivity contribution < 1.29 is 18.0 Å². The Balaban J connectivity index is 1.87. The molecule has 0 radical (unpaired) electrons. The van der Waals surface area contributed by atoms with Gasteiger partial charge in [-0.2, -0.15) is 13.2 Å². The molecule has 2 N–H and O–H groups in total. The molecule has 0 saturated carbocycles. The highest BCUT2D eigenvalue weighted by Crippen LogP contribution is 2.27. The van der Waals surface area contributed by atoms with E-state index in [1.165, 1.54) is 0 Å². The Morgan fingerprint density at radius 2 is 1.67 bits per heavy atom. The number of para-hydroxylation sites is 1. The molecule has 0 atom stereocenters. The number of likely N-dealkylation sites (tertiary alicyclic amines) is 1. The normalized spacial score (nSPS) is 16.4. The van der Waals surface area contributed by atoms with E-state index in [0.717, 1.165) is 18.9 Å². The number of allylic oxidation sites excluding steroid dienone is 2. The van der Waals surface area contributed by atoms with Crippen molar-refractivity contribution in [2.45, 2.75) is 25.1 Å². The number of amides is 1. The topological polar surface area (TPSA) is 61.9 Å². The first-order valence-electron chi connectivity index (χ1n) is 10.5. The number of benzene rings is 2. The zero-order valence-electron chi connectivity index (χ0n) is 18.4. The second kappa shape index (κ2) is 10.4. The van der Waals surface area contributed by atoms with E-state index in [1.54, 1.807) is 53.4 Å². The highest BCUT2D eigenvalue weighted by atomic mass is 35.5. The molecule has 1 amide bonds. The molecule has 5 nitrogen and oxygen atoms in total. The Morgan fingerprint density at radius 3 is 2.21 bits per heavy atom. The number of carbonyl (C=O) groups excluding carboxylic acids is 1. The molecular weight excluding hydrogens is 453 g/mol. The van der Waals surface area contributed by atoms with Crippen molar-refractivity contribution in [3.05, 3.63) is 76.5 Å². The lowest BCUT2D eigenvalue weighted by atomic mass is 10.0. The lowest BCUT2D eigenvalue weighted by Gasteiger charge is -2.35. The molecule has 1 saturated heterocycles. The summed E-state index contributed by atoms with van der Waals surface area (Å²) in [6.07, 6.45) is -2.14. The summed E-state index contributed by atoms with van der Waals surface area (Å²) in [6.45, 7) is 1.32. The molecule has 0 spiro atoms. The number of alkyl halides is 3. The Hall–Kier alpha value is -2.84. The molecule has 1 aliphatic rings. The summed E-state index contributed by atoms with van der Waals surface area (Å²) >= 11 is 6.13. The first-order valence-corrected chi connectivity index (χ1v) is 10.9. The van der Waals surface area contributed by atoms with Crippen LogP contribution in [0.4, 0.5) is 18.9 Å². The van der Waals surface area contributed by atoms with Crippen LogP contribution in [0, 0.1) is 0 Å². The van der Waals surface area contributed by atoms with Crippen LogP contribution in [0.1, 0.15) is 28.8 Å². The van der Waals surface area contributed by atoms with E-state index in [1.807, 2.05) is 14.1 Å². The fraction of sp³-hybridized carbons (Fsp3) is 0.333. The van der Waals surface area contributed by atoms with Crippen LogP contribution in [-0.4, -0.2) is 60.8 Å². The van der Waals surface area contributed by atoms with Crippen molar-refractivity contribution in [3.63, 3.8) is 0 Å². The number of carbonyl (C=O) groups is 1. The molecule has 2 aromatic carbocycles. The van der Waals surface area contributed by atoms with Gasteiger partial charge in [-0.05, 0) is 57.3 Å². The van der Waals surface area contributed by atoms with E-state index in [2.05, 4.69) is 9.89 Å². The van der Waals surface area contributed by atoms with E-state index in [4.69, 9.17) is 17.3 Å². The van der Waals surface area contributed by atoms with Crippen LogP contribution < -0.4 is 5.73 Å². The van der Waals surface area contributed by atoms with Gasteiger partial charge in [-0.1, -0.05) is 35.9 Å². The van der Waals surface area contributed by atoms with Gasteiger partial charge < -0.3 is 15.5 Å². The zero-order chi connectivity index (χ0) is 24.2. The molecule has 9 heteroatoms. The molecule has 1 fully saturated rings. The highest BCUT2D eigenvalue weighted by molar-refractivity contribution is 6.33. The van der Waals surface area contributed by atoms with Crippen LogP contribution in [0.3, 0.4) is 0 Å². The molecule has 0 aliphatic carbocycles. The van der Waals surface area contributed by atoms with Crippen molar-refractivity contribution in [1.82, 2.24) is 9.80 Å². The molecule has 33 heavy (non-hydrogen) atoms. The summed E-state index contributed by atoms with van der Waals surface area (Å²) in [6, 6.07) is 13.3. The number of nitrogens with two attached hydrogens (primary N) is 1. The maximum atomic E-state index is 13.1. The Bertz CT molecular complexity index is 1040. The van der Waals surface area contributed by atoms with Gasteiger partial charge in [-0.25, -0.2) is 4.99 Å². The van der Waals surface area contributed by atoms with Gasteiger partial charge in [0.1, 0.15) is 5.70 Å². The van der Waals surface area contributed by atoms with Gasteiger partial charge in [0.15, 0.2) is 0 Å². The van der Waals surface area contributed by atoms with Crippen LogP contribution in [0.25, 0.3) is 0 Å². The quantitative estimate of drug-likeness (QED) is 0.613. The SMILES string of the molecule is CN(C)C1CCN(C(=O)c2ccc(C(C=C(N)C(F)(F)F)=Nc3ccccc3Cl)cc2)CC1. The van der Waals surface area contributed by atoms with Gasteiger partial charge in [-0.3, -0.25) is 4.79 Å². The molecular formula is C24H26ClF3N4O. The van der Waals surface area contributed by atoms with Crippen LogP contribution >= 0.6 is 11.6 Å². The zero-order valence-corrected chi connectivity index (χ0v) is 19.2. The van der Waals surface area contributed by atoms with Crippen molar-refractivity contribution in [3.8, 4) is 0 Å². The molecule has 0 aromatic heterocycles. The fourth-order valence-electron chi connectivity index (χ4n) is 3.63. The average molecular weight is 479 g/mol. The summed E-state index contributed by atoms with van der Waals surface area (Å²) in [5.74, 6) is -0.103. The van der Waals surface area contributed by atoms with Gasteiger partial charge in [0.05, 0.1) is 16.4 Å². The van der Waals surface area contributed by atoms with Crippen molar-refractivity contribution in [1.29, 1.82) is 0 Å². The Kier molecular flexibility index (Phi) is 7.81. The standard InChI is InChI=1S/C24H26ClF3N4O/c1-31(2)18-11-13-32(14-12-18)23(33)17-9-7-16(8-10-17)21(15-22(29)24(26,27)28)30-20-6-4-3-5-19(20)25/h3-10,15,18H,11-14,29H2,1-2H3. The van der Waals surface area contributed by atoms with Crippen LogP contribution in [0.5, 0.6) is 0 Å². The van der Waals surface area contributed by atoms with E-state index in [0.29, 0.717) is 41.0 Å². The predicted molar refractivity (Wildman–Crippen MR) is 125 cm³/mol. The van der Waals surface area contributed by atoms with Crippen LogP contribution in [0.2, 0.25) is 5.02 Å². The van der Waals surface area contributed by atoms with E-state index >= 15 is 0 Å². The lowest BCUT2D eigenvalue weighted by Crippen LogP contribution is -2.44. The summed E-state index contributed by atoms with van der Waals surface area (Å²) in [7, 11) is 4.06. The van der Waals surface area contributed by atoms with Crippen molar-refractivity contribution >= 4 is 28.9 Å². The molecule has 3 rings (SSSR count). The van der Waals surface area contributed by atoms with Gasteiger partial charge in [0.25, 0.3) is 5.91 Å². The van der Waals surface area contributed by atoms with Gasteiger partial charge in [-0.15, -0.1) is 0 Å². The van der Waals surface area contributed by atoms with Crippen LogP contribution in [-0.2, 0) is 0 Å². The second-order valence-corrected chi connectivity index (χ2v) is 8.52. The number of halogens is 4. The van der Waals surface area contributed by atoms with Crippen molar-refractivity contribution in [2.75, 3.05) is 27.2 Å². The third-order valence-corrected chi connectivity index (χ3v) is 5.94. The first kappa shape index (κ1) is 24.8. The lowest BCUT2D eigenvalue weighted by molar-refractivity contribution is -0.0925. The van der Waals surface area contributed by atoms with Gasteiger partial charge in [0, 0.05) is 30.3 Å². The molecule has 2 aromatic rings. The predicted octanol–water partition coefficient (Wildman–Crippen LogP) is 5.03. The smallest absolute Gasteiger partial charge is 0.395 e. The third kappa shape index (κ3) is 6.36. The molecule has 1 heterocycles. The number of hydrogen-bond donors (Lipinski definition) is 1. The minimum absolute atomic E-state index is 0.0104. The maximum absolute atomic E-state index is 13.1. The average Bonchev–Trinajstić information content (AvgIpc) is 2.79. The third-order valence-electron chi connectivity index (χ3n) is 5.62. The molecule has 0 bridgehead atoms. The molecule has 1 aliphatic heterocycles. The number of rotatable bonds is 5. The maximum Gasteiger partial charge on any atom is 0.430 e. The monoisotopic (exact) mass is 478 g/mol. The first-order chi connectivity index (χ1) is 15.6. The fourth-order valence-corrected chi connectivity index (χ4v) is 3.81. The highest BCUT2D eigenvalue weighted by Gasteiger charge is 2.32. The Labute approximate surface area is 196 Å². The Morgan fingerprint density at radius 1 is 1.09 bits per heavy atom. The molecule has 176 valence electrons. The number of hydrogen-bond acceptors (Lipinski definition) is 4. The largest absolute Gasteiger partial charge is 0.430 e. The summed E-state index contributed by atoms with van der Waals surface area (Å²) in [5.41, 5.74) is 5.11. The van der Waals surface area contributed by atoms with E-state index in [-0.39, 0.29) is 11.6 Å².